The third kappa shape index (κ3) is 4.87. The van der Waals surface area contributed by atoms with E-state index in [1.165, 1.54) is 23.1 Å². The highest BCUT2D eigenvalue weighted by Gasteiger charge is 2.15. The Morgan fingerprint density at radius 2 is 1.96 bits per heavy atom. The van der Waals surface area contributed by atoms with Crippen LogP contribution in [-0.4, -0.2) is 35.6 Å². The lowest BCUT2D eigenvalue weighted by Crippen LogP contribution is -2.31. The van der Waals surface area contributed by atoms with Crippen molar-refractivity contribution >= 4 is 23.6 Å². The molecule has 1 N–H and O–H groups in total. The van der Waals surface area contributed by atoms with Crippen molar-refractivity contribution < 1.29 is 24.4 Å². The van der Waals surface area contributed by atoms with Crippen LogP contribution >= 0.6 is 0 Å². The van der Waals surface area contributed by atoms with Crippen molar-refractivity contribution in [1.82, 2.24) is 0 Å². The van der Waals surface area contributed by atoms with Crippen molar-refractivity contribution in [2.45, 2.75) is 12.8 Å². The van der Waals surface area contributed by atoms with E-state index in [-0.39, 0.29) is 30.2 Å². The van der Waals surface area contributed by atoms with Crippen LogP contribution < -0.4 is 9.64 Å². The molecule has 26 heavy (non-hydrogen) atoms. The fourth-order valence-electron chi connectivity index (χ4n) is 2.34. The highest BCUT2D eigenvalue weighted by molar-refractivity contribution is 5.93. The van der Waals surface area contributed by atoms with Gasteiger partial charge in [0.05, 0.1) is 17.1 Å². The molecule has 0 atom stereocenters. The van der Waals surface area contributed by atoms with Crippen molar-refractivity contribution in [3.8, 4) is 5.75 Å². The zero-order valence-corrected chi connectivity index (χ0v) is 13.9. The van der Waals surface area contributed by atoms with Gasteiger partial charge in [0.1, 0.15) is 12.5 Å². The van der Waals surface area contributed by atoms with Crippen LogP contribution in [0.3, 0.4) is 0 Å². The number of nitro groups is 1. The van der Waals surface area contributed by atoms with Gasteiger partial charge in [-0.15, -0.1) is 0 Å². The van der Waals surface area contributed by atoms with Crippen LogP contribution in [0.25, 0.3) is 0 Å². The quantitative estimate of drug-likeness (QED) is 0.242. The Balaban J connectivity index is 1.87. The van der Waals surface area contributed by atoms with Gasteiger partial charge in [0.2, 0.25) is 5.91 Å². The van der Waals surface area contributed by atoms with Crippen LogP contribution in [0.4, 0.5) is 11.4 Å². The third-order valence-corrected chi connectivity index (χ3v) is 3.64. The minimum atomic E-state index is -0.640. The molecule has 2 aromatic rings. The number of nitrogens with zero attached hydrogens (tertiary/aromatic N) is 2. The van der Waals surface area contributed by atoms with E-state index in [1.807, 2.05) is 6.07 Å². The summed E-state index contributed by atoms with van der Waals surface area (Å²) in [7, 11) is 0. The molecule has 0 bridgehead atoms. The van der Waals surface area contributed by atoms with E-state index in [0.29, 0.717) is 24.1 Å². The van der Waals surface area contributed by atoms with Crippen molar-refractivity contribution in [1.29, 1.82) is 0 Å². The molecule has 0 saturated carbocycles. The molecule has 0 aliphatic heterocycles. The van der Waals surface area contributed by atoms with Crippen LogP contribution in [-0.2, 0) is 4.79 Å². The van der Waals surface area contributed by atoms with Crippen molar-refractivity contribution in [2.24, 2.45) is 0 Å². The summed E-state index contributed by atoms with van der Waals surface area (Å²) in [5.41, 5.74) is 0.245. The van der Waals surface area contributed by atoms with Gasteiger partial charge in [-0.3, -0.25) is 24.6 Å². The first-order valence-electron chi connectivity index (χ1n) is 7.89. The molecule has 136 valence electrons. The first-order chi connectivity index (χ1) is 12.6. The lowest BCUT2D eigenvalue weighted by atomic mass is 10.2. The molecule has 0 radical (unpaired) electrons. The predicted octanol–water partition coefficient (Wildman–Crippen LogP) is 2.55. The van der Waals surface area contributed by atoms with Crippen LogP contribution in [0.2, 0.25) is 0 Å². The van der Waals surface area contributed by atoms with E-state index in [0.717, 1.165) is 0 Å². The number of aliphatic hydroxyl groups excluding tert-OH is 1. The predicted molar refractivity (Wildman–Crippen MR) is 94.2 cm³/mol. The van der Waals surface area contributed by atoms with Crippen molar-refractivity contribution in [3.05, 3.63) is 64.2 Å². The van der Waals surface area contributed by atoms with Gasteiger partial charge in [-0.1, -0.05) is 18.2 Å². The molecule has 8 heteroatoms. The number of aldehydes is 1. The largest absolute Gasteiger partial charge is 0.494 e. The minimum absolute atomic E-state index is 0.0703. The topological polar surface area (TPSA) is 110 Å². The second-order valence-corrected chi connectivity index (χ2v) is 5.35. The Kier molecular flexibility index (Phi) is 6.81. The number of benzene rings is 2. The Hall–Kier alpha value is -3.26. The second-order valence-electron chi connectivity index (χ2n) is 5.35. The van der Waals surface area contributed by atoms with E-state index in [4.69, 9.17) is 4.74 Å². The minimum Gasteiger partial charge on any atom is -0.494 e. The van der Waals surface area contributed by atoms with Gasteiger partial charge in [0, 0.05) is 18.2 Å². The van der Waals surface area contributed by atoms with Gasteiger partial charge in [0.25, 0.3) is 5.69 Å². The molecule has 0 saturated heterocycles. The van der Waals surface area contributed by atoms with Crippen molar-refractivity contribution in [2.75, 3.05) is 18.2 Å². The van der Waals surface area contributed by atoms with Gasteiger partial charge in [-0.25, -0.2) is 0 Å². The number of anilines is 1. The Morgan fingerprint density at radius 3 is 2.58 bits per heavy atom. The summed E-state index contributed by atoms with van der Waals surface area (Å²) in [6, 6.07) is 12.7. The number of carbonyl (C=O) groups is 2. The van der Waals surface area contributed by atoms with E-state index < -0.39 is 11.7 Å². The highest BCUT2D eigenvalue weighted by atomic mass is 16.6. The molecule has 8 nitrogen and oxygen atoms in total. The lowest BCUT2D eigenvalue weighted by Gasteiger charge is -2.20. The molecular formula is C18H18N2O6. The maximum Gasteiger partial charge on any atom is 0.280 e. The molecule has 0 heterocycles. The fourth-order valence-corrected chi connectivity index (χ4v) is 2.34. The molecule has 0 spiro atoms. The zero-order valence-electron chi connectivity index (χ0n) is 13.9. The SMILES string of the molecule is O=Cc1cc(OCCCC(=O)N(CO)c2ccccc2)ccc1[N+](=O)[O-]. The van der Waals surface area contributed by atoms with Crippen LogP contribution in [0.1, 0.15) is 23.2 Å². The number of ether oxygens (including phenoxy) is 1. The number of aliphatic hydroxyl groups is 1. The van der Waals surface area contributed by atoms with E-state index in [9.17, 15) is 24.8 Å². The summed E-state index contributed by atoms with van der Waals surface area (Å²) in [6.45, 7) is -0.231. The Labute approximate surface area is 149 Å². The first kappa shape index (κ1) is 19.1. The van der Waals surface area contributed by atoms with Crippen molar-refractivity contribution in [3.63, 3.8) is 0 Å². The van der Waals surface area contributed by atoms with E-state index >= 15 is 0 Å². The summed E-state index contributed by atoms with van der Waals surface area (Å²) in [6.07, 6.45) is 0.937. The molecule has 0 aromatic heterocycles. The molecule has 0 fully saturated rings. The highest BCUT2D eigenvalue weighted by Crippen LogP contribution is 2.23. The smallest absolute Gasteiger partial charge is 0.280 e. The maximum atomic E-state index is 12.2. The first-order valence-corrected chi connectivity index (χ1v) is 7.89. The summed E-state index contributed by atoms with van der Waals surface area (Å²) >= 11 is 0. The van der Waals surface area contributed by atoms with E-state index in [2.05, 4.69) is 0 Å². The Bertz CT molecular complexity index is 779. The number of amides is 1. The molecule has 2 rings (SSSR count). The molecule has 2 aromatic carbocycles. The molecule has 0 aliphatic rings. The second kappa shape index (κ2) is 9.28. The monoisotopic (exact) mass is 358 g/mol. The van der Waals surface area contributed by atoms with Gasteiger partial charge in [-0.05, 0) is 30.7 Å². The average molecular weight is 358 g/mol. The summed E-state index contributed by atoms with van der Waals surface area (Å²) in [5.74, 6) is 0.0619. The standard InChI is InChI=1S/C18H18N2O6/c21-12-14-11-16(8-9-17(14)20(24)25)26-10-4-7-18(23)19(13-22)15-5-2-1-3-6-15/h1-3,5-6,8-9,11-12,22H,4,7,10,13H2. The molecular weight excluding hydrogens is 340 g/mol. The number of para-hydroxylation sites is 1. The Morgan fingerprint density at radius 1 is 1.23 bits per heavy atom. The summed E-state index contributed by atoms with van der Waals surface area (Å²) < 4.78 is 5.44. The van der Waals surface area contributed by atoms with Gasteiger partial charge in [0.15, 0.2) is 6.29 Å². The lowest BCUT2D eigenvalue weighted by molar-refractivity contribution is -0.385. The zero-order chi connectivity index (χ0) is 18.9. The third-order valence-electron chi connectivity index (χ3n) is 3.64. The molecule has 0 aliphatic carbocycles. The van der Waals surface area contributed by atoms with Crippen LogP contribution in [0.5, 0.6) is 5.75 Å². The number of hydrogen-bond acceptors (Lipinski definition) is 6. The number of rotatable bonds is 9. The summed E-state index contributed by atoms with van der Waals surface area (Å²) in [5, 5.41) is 20.2. The summed E-state index contributed by atoms with van der Waals surface area (Å²) in [4.78, 5) is 34.5. The number of carbonyl (C=O) groups excluding carboxylic acids is 2. The fraction of sp³-hybridized carbons (Fsp3) is 0.222. The van der Waals surface area contributed by atoms with Gasteiger partial charge >= 0.3 is 0 Å². The molecule has 0 unspecified atom stereocenters. The maximum absolute atomic E-state index is 12.2. The van der Waals surface area contributed by atoms with Crippen LogP contribution in [0.15, 0.2) is 48.5 Å². The number of hydrogen-bond donors (Lipinski definition) is 1. The van der Waals surface area contributed by atoms with Gasteiger partial charge in [-0.2, -0.15) is 0 Å². The van der Waals surface area contributed by atoms with E-state index in [1.54, 1.807) is 24.3 Å². The van der Waals surface area contributed by atoms with Crippen LogP contribution in [0, 0.1) is 10.1 Å². The van der Waals surface area contributed by atoms with Gasteiger partial charge < -0.3 is 9.84 Å². The molecule has 1 amide bonds. The normalized spacial score (nSPS) is 10.2. The number of nitro benzene ring substituents is 1. The average Bonchev–Trinajstić information content (AvgIpc) is 2.66.